The molecule has 192 valence electrons. The maximum Gasteiger partial charge on any atom is 0.234 e. The van der Waals surface area contributed by atoms with E-state index in [0.717, 1.165) is 50.6 Å². The van der Waals surface area contributed by atoms with Crippen molar-refractivity contribution >= 4 is 69.8 Å². The number of fused-ring (bicyclic) bond motifs is 2. The maximum atomic E-state index is 12.8. The topological polar surface area (TPSA) is 71.5 Å². The van der Waals surface area contributed by atoms with Crippen LogP contribution in [0.3, 0.4) is 0 Å². The molecule has 4 heterocycles. The minimum absolute atomic E-state index is 0. The van der Waals surface area contributed by atoms with Gasteiger partial charge in [-0.1, -0.05) is 25.4 Å². The number of thiophene rings is 1. The number of ether oxygens (including phenoxy) is 1. The summed E-state index contributed by atoms with van der Waals surface area (Å²) in [6.45, 7) is 9.98. The molecule has 0 radical (unpaired) electrons. The SMILES string of the molecule is Cc1cc(Cl)cc(-c2ccnc3cc(CN4C(=O)C5C(C4=O)C5(C)C)sc23)c1OC1(C)CNC1.Cl.Cl. The number of pyridine rings is 1. The number of piperidine rings is 1. The number of likely N-dealkylation sites (tertiary alicyclic amines) is 1. The first-order valence-electron chi connectivity index (χ1n) is 11.5. The van der Waals surface area contributed by atoms with Crippen molar-refractivity contribution < 1.29 is 14.3 Å². The van der Waals surface area contributed by atoms with Gasteiger partial charge in [-0.05, 0) is 49.1 Å². The molecule has 1 aliphatic carbocycles. The van der Waals surface area contributed by atoms with Crippen LogP contribution in [0, 0.1) is 24.2 Å². The molecule has 2 unspecified atom stereocenters. The summed E-state index contributed by atoms with van der Waals surface area (Å²) >= 11 is 8.04. The number of amides is 2. The number of halogens is 3. The Hall–Kier alpha value is -1.90. The molecule has 1 saturated carbocycles. The Morgan fingerprint density at radius 3 is 2.39 bits per heavy atom. The second-order valence-electron chi connectivity index (χ2n) is 10.6. The van der Waals surface area contributed by atoms with E-state index in [9.17, 15) is 9.59 Å². The minimum atomic E-state index is -0.259. The number of aromatic nitrogens is 1. The number of imide groups is 1. The molecule has 6 rings (SSSR count). The molecule has 10 heteroatoms. The highest BCUT2D eigenvalue weighted by Gasteiger charge is 2.72. The Labute approximate surface area is 231 Å². The summed E-state index contributed by atoms with van der Waals surface area (Å²) in [5.74, 6) is 0.394. The summed E-state index contributed by atoms with van der Waals surface area (Å²) < 4.78 is 7.49. The largest absolute Gasteiger partial charge is 0.484 e. The fourth-order valence-corrected chi connectivity index (χ4v) is 6.86. The summed E-state index contributed by atoms with van der Waals surface area (Å²) in [6, 6.07) is 7.82. The molecule has 3 aliphatic rings. The highest BCUT2D eigenvalue weighted by Crippen LogP contribution is 2.63. The number of carbonyl (C=O) groups excluding carboxylic acids is 2. The second-order valence-corrected chi connectivity index (χ2v) is 12.2. The number of hydrogen-bond acceptors (Lipinski definition) is 6. The van der Waals surface area contributed by atoms with Gasteiger partial charge in [0.1, 0.15) is 11.4 Å². The minimum Gasteiger partial charge on any atom is -0.484 e. The van der Waals surface area contributed by atoms with Crippen molar-refractivity contribution in [1.82, 2.24) is 15.2 Å². The van der Waals surface area contributed by atoms with Crippen LogP contribution in [0.25, 0.3) is 21.3 Å². The molecule has 0 bridgehead atoms. The van der Waals surface area contributed by atoms with Crippen LogP contribution in [0.2, 0.25) is 5.02 Å². The van der Waals surface area contributed by atoms with E-state index in [0.29, 0.717) is 11.6 Å². The van der Waals surface area contributed by atoms with Crippen molar-refractivity contribution in [3.63, 3.8) is 0 Å². The zero-order chi connectivity index (χ0) is 24.0. The third kappa shape index (κ3) is 4.09. The fraction of sp³-hybridized carbons (Fsp3) is 0.423. The van der Waals surface area contributed by atoms with Gasteiger partial charge in [0, 0.05) is 40.3 Å². The van der Waals surface area contributed by atoms with Crippen molar-refractivity contribution in [2.75, 3.05) is 13.1 Å². The Balaban J connectivity index is 0.00000152. The monoisotopic (exact) mass is 567 g/mol. The summed E-state index contributed by atoms with van der Waals surface area (Å²) in [6.07, 6.45) is 1.78. The average molecular weight is 569 g/mol. The molecule has 2 aliphatic heterocycles. The van der Waals surface area contributed by atoms with E-state index >= 15 is 0 Å². The molecule has 0 spiro atoms. The van der Waals surface area contributed by atoms with Crippen LogP contribution in [0.4, 0.5) is 0 Å². The van der Waals surface area contributed by atoms with Crippen molar-refractivity contribution in [1.29, 1.82) is 0 Å². The highest BCUT2D eigenvalue weighted by atomic mass is 35.5. The van der Waals surface area contributed by atoms with E-state index in [4.69, 9.17) is 16.3 Å². The van der Waals surface area contributed by atoms with Gasteiger partial charge in [-0.3, -0.25) is 19.5 Å². The van der Waals surface area contributed by atoms with E-state index < -0.39 is 0 Å². The van der Waals surface area contributed by atoms with Crippen molar-refractivity contribution in [3.8, 4) is 16.9 Å². The van der Waals surface area contributed by atoms with Gasteiger partial charge >= 0.3 is 0 Å². The fourth-order valence-electron chi connectivity index (χ4n) is 5.45. The molecule has 2 aromatic heterocycles. The van der Waals surface area contributed by atoms with Crippen LogP contribution in [0.1, 0.15) is 31.2 Å². The smallest absolute Gasteiger partial charge is 0.234 e. The van der Waals surface area contributed by atoms with E-state index in [1.165, 1.54) is 4.90 Å². The molecule has 3 aromatic rings. The van der Waals surface area contributed by atoms with Gasteiger partial charge in [0.2, 0.25) is 11.8 Å². The van der Waals surface area contributed by atoms with Crippen molar-refractivity contribution in [3.05, 3.63) is 45.9 Å². The number of rotatable bonds is 5. The first-order valence-corrected chi connectivity index (χ1v) is 12.7. The standard InChI is InChI=1S/C26H26ClN3O3S.2ClH/c1-13-7-14(27)8-17(21(13)33-26(4)11-28-12-26)16-5-6-29-18-9-15(34-22(16)18)10-30-23(31)19-20(24(30)32)25(19,2)3;;/h5-9,19-20,28H,10-12H2,1-4H3;2*1H. The lowest BCUT2D eigenvalue weighted by Crippen LogP contribution is -2.61. The van der Waals surface area contributed by atoms with Gasteiger partial charge in [0.25, 0.3) is 0 Å². The lowest BCUT2D eigenvalue weighted by atomic mass is 9.97. The lowest BCUT2D eigenvalue weighted by Gasteiger charge is -2.40. The summed E-state index contributed by atoms with van der Waals surface area (Å²) in [5.41, 5.74) is 3.27. The Bertz CT molecular complexity index is 1360. The molecule has 1 N–H and O–H groups in total. The third-order valence-electron chi connectivity index (χ3n) is 7.54. The number of carbonyl (C=O) groups is 2. The van der Waals surface area contributed by atoms with Gasteiger partial charge < -0.3 is 10.1 Å². The first-order chi connectivity index (χ1) is 16.1. The molecule has 2 saturated heterocycles. The zero-order valence-electron chi connectivity index (χ0n) is 20.4. The van der Waals surface area contributed by atoms with E-state index in [2.05, 4.69) is 17.2 Å². The van der Waals surface area contributed by atoms with Crippen LogP contribution >= 0.6 is 47.8 Å². The maximum absolute atomic E-state index is 12.8. The Morgan fingerprint density at radius 1 is 1.11 bits per heavy atom. The normalized spacial score (nSPS) is 23.0. The average Bonchev–Trinajstić information content (AvgIpc) is 3.01. The summed E-state index contributed by atoms with van der Waals surface area (Å²) in [5, 5.41) is 3.93. The molecule has 2 atom stereocenters. The third-order valence-corrected chi connectivity index (χ3v) is 8.90. The number of benzene rings is 1. The summed E-state index contributed by atoms with van der Waals surface area (Å²) in [4.78, 5) is 32.6. The van der Waals surface area contributed by atoms with Gasteiger partial charge in [0.15, 0.2) is 0 Å². The van der Waals surface area contributed by atoms with Gasteiger partial charge in [-0.15, -0.1) is 36.2 Å². The lowest BCUT2D eigenvalue weighted by molar-refractivity contribution is -0.143. The van der Waals surface area contributed by atoms with Crippen LogP contribution in [-0.2, 0) is 16.1 Å². The molecular weight excluding hydrogens is 541 g/mol. The Morgan fingerprint density at radius 2 is 1.78 bits per heavy atom. The van der Waals surface area contributed by atoms with Crippen LogP contribution < -0.4 is 10.1 Å². The van der Waals surface area contributed by atoms with Gasteiger partial charge in [0.05, 0.1) is 28.6 Å². The molecule has 3 fully saturated rings. The predicted octanol–water partition coefficient (Wildman–Crippen LogP) is 5.65. The number of hydrogen-bond donors (Lipinski definition) is 1. The van der Waals surface area contributed by atoms with Crippen LogP contribution in [0.5, 0.6) is 5.75 Å². The molecule has 2 amide bonds. The molecule has 6 nitrogen and oxygen atoms in total. The second kappa shape index (κ2) is 9.14. The number of nitrogens with one attached hydrogen (secondary N) is 1. The van der Waals surface area contributed by atoms with E-state index in [1.807, 2.05) is 45.0 Å². The van der Waals surface area contributed by atoms with Gasteiger partial charge in [-0.25, -0.2) is 0 Å². The van der Waals surface area contributed by atoms with Gasteiger partial charge in [-0.2, -0.15) is 0 Å². The van der Waals surface area contributed by atoms with Crippen LogP contribution in [0.15, 0.2) is 30.5 Å². The first kappa shape index (κ1) is 27.1. The van der Waals surface area contributed by atoms with E-state index in [1.54, 1.807) is 17.5 Å². The quantitative estimate of drug-likeness (QED) is 0.403. The zero-order valence-corrected chi connectivity index (χ0v) is 23.6. The van der Waals surface area contributed by atoms with Crippen molar-refractivity contribution in [2.24, 2.45) is 17.3 Å². The number of aryl methyl sites for hydroxylation is 1. The predicted molar refractivity (Wildman–Crippen MR) is 148 cm³/mol. The van der Waals surface area contributed by atoms with Crippen molar-refractivity contribution in [2.45, 2.75) is 39.8 Å². The molecular formula is C26H28Cl3N3O3S. The highest BCUT2D eigenvalue weighted by molar-refractivity contribution is 7.19. The summed E-state index contributed by atoms with van der Waals surface area (Å²) in [7, 11) is 0. The Kier molecular flexibility index (Phi) is 6.89. The molecule has 1 aromatic carbocycles. The molecule has 36 heavy (non-hydrogen) atoms. The number of nitrogens with zero attached hydrogens (tertiary/aromatic N) is 2. The van der Waals surface area contributed by atoms with E-state index in [-0.39, 0.29) is 59.5 Å². The van der Waals surface area contributed by atoms with Crippen LogP contribution in [-0.4, -0.2) is 40.4 Å².